The Bertz CT molecular complexity index is 729. The topological polar surface area (TPSA) is 109 Å². The first-order chi connectivity index (χ1) is 13.0. The van der Waals surface area contributed by atoms with Crippen LogP contribution in [0.15, 0.2) is 36.7 Å². The van der Waals surface area contributed by atoms with Gasteiger partial charge in [0.25, 0.3) is 0 Å². The van der Waals surface area contributed by atoms with Crippen LogP contribution < -0.4 is 21.3 Å². The van der Waals surface area contributed by atoms with Crippen molar-refractivity contribution in [3.63, 3.8) is 0 Å². The van der Waals surface area contributed by atoms with Gasteiger partial charge in [-0.05, 0) is 38.8 Å². The number of rotatable bonds is 10. The van der Waals surface area contributed by atoms with Crippen molar-refractivity contribution < 1.29 is 19.1 Å². The van der Waals surface area contributed by atoms with Crippen molar-refractivity contribution in [2.75, 3.05) is 7.11 Å². The average Bonchev–Trinajstić information content (AvgIpc) is 2.63. The predicted octanol–water partition coefficient (Wildman–Crippen LogP) is 1.57. The molecule has 8 heteroatoms. The molecule has 0 aliphatic rings. The molecule has 0 fully saturated rings. The molecule has 0 radical (unpaired) electrons. The number of esters is 1. The van der Waals surface area contributed by atoms with Crippen LogP contribution in [0.4, 0.5) is 4.79 Å². The maximum atomic E-state index is 12.0. The molecule has 4 N–H and O–H groups in total. The van der Waals surface area contributed by atoms with E-state index >= 15 is 0 Å². The maximum Gasteiger partial charge on any atom is 0.331 e. The number of ether oxygens (including phenoxy) is 1. The van der Waals surface area contributed by atoms with E-state index in [0.29, 0.717) is 18.9 Å². The van der Waals surface area contributed by atoms with Gasteiger partial charge in [0.15, 0.2) is 0 Å². The molecule has 1 rings (SSSR count). The number of carbonyl (C=O) groups is 3. The van der Waals surface area contributed by atoms with E-state index in [1.54, 1.807) is 27.7 Å². The monoisotopic (exact) mass is 390 g/mol. The van der Waals surface area contributed by atoms with Gasteiger partial charge in [-0.2, -0.15) is 0 Å². The van der Waals surface area contributed by atoms with Crippen LogP contribution in [0, 0.1) is 0 Å². The zero-order valence-electron chi connectivity index (χ0n) is 17.1. The van der Waals surface area contributed by atoms with Gasteiger partial charge >= 0.3 is 12.0 Å². The van der Waals surface area contributed by atoms with Crippen LogP contribution in [0.5, 0.6) is 0 Å². The van der Waals surface area contributed by atoms with Crippen molar-refractivity contribution in [2.24, 2.45) is 0 Å². The smallest absolute Gasteiger partial charge is 0.331 e. The van der Waals surface area contributed by atoms with Gasteiger partial charge in [-0.3, -0.25) is 0 Å². The second-order valence-corrected chi connectivity index (χ2v) is 7.54. The molecule has 0 aromatic heterocycles. The highest BCUT2D eigenvalue weighted by Crippen LogP contribution is 2.07. The molecule has 2 amide bonds. The average molecular weight is 390 g/mol. The minimum absolute atomic E-state index is 0.300. The van der Waals surface area contributed by atoms with Gasteiger partial charge in [-0.15, -0.1) is 0 Å². The Morgan fingerprint density at radius 1 is 1.07 bits per heavy atom. The van der Waals surface area contributed by atoms with E-state index in [4.69, 9.17) is 0 Å². The molecule has 1 aromatic carbocycles. The maximum absolute atomic E-state index is 12.0. The number of nitrogens with one attached hydrogen (secondary N) is 4. The third-order valence-corrected chi connectivity index (χ3v) is 3.84. The largest absolute Gasteiger partial charge is 0.467 e. The predicted molar refractivity (Wildman–Crippen MR) is 107 cm³/mol. The Hall–Kier alpha value is -3.03. The second-order valence-electron chi connectivity index (χ2n) is 7.54. The van der Waals surface area contributed by atoms with Crippen LogP contribution in [0.25, 0.3) is 0 Å². The summed E-state index contributed by atoms with van der Waals surface area (Å²) in [5.41, 5.74) is 0.0765. The lowest BCUT2D eigenvalue weighted by Crippen LogP contribution is -2.53. The lowest BCUT2D eigenvalue weighted by Gasteiger charge is -2.23. The Labute approximate surface area is 166 Å². The fourth-order valence-electron chi connectivity index (χ4n) is 2.34. The third kappa shape index (κ3) is 7.69. The van der Waals surface area contributed by atoms with E-state index in [2.05, 4.69) is 32.6 Å². The van der Waals surface area contributed by atoms with Gasteiger partial charge in [0.1, 0.15) is 11.8 Å². The van der Waals surface area contributed by atoms with Crippen LogP contribution in [0.1, 0.15) is 38.8 Å². The zero-order valence-corrected chi connectivity index (χ0v) is 17.1. The van der Waals surface area contributed by atoms with E-state index in [9.17, 15) is 14.4 Å². The number of methoxy groups -OCH3 is 1. The van der Waals surface area contributed by atoms with Gasteiger partial charge < -0.3 is 30.8 Å². The number of hydrogen-bond donors (Lipinski definition) is 4. The van der Waals surface area contributed by atoms with E-state index in [1.165, 1.54) is 7.11 Å². The normalized spacial score (nSPS) is 11.2. The molecule has 0 atom stereocenters. The fourth-order valence-corrected chi connectivity index (χ4v) is 2.34. The summed E-state index contributed by atoms with van der Waals surface area (Å²) in [7, 11) is 1.27. The van der Waals surface area contributed by atoms with Gasteiger partial charge in [-0.25, -0.2) is 9.59 Å². The Morgan fingerprint density at radius 3 is 2.18 bits per heavy atom. The lowest BCUT2D eigenvalue weighted by atomic mass is 10.1. The fraction of sp³-hybridized carbons (Fsp3) is 0.450. The molecule has 0 aliphatic carbocycles. The van der Waals surface area contributed by atoms with Crippen LogP contribution in [-0.4, -0.2) is 36.5 Å². The second kappa shape index (κ2) is 9.77. The first-order valence-corrected chi connectivity index (χ1v) is 8.88. The van der Waals surface area contributed by atoms with Gasteiger partial charge in [0.05, 0.1) is 18.5 Å². The standard InChI is InChI=1S/C20H30N4O4/c1-14(23-19(2,3)13-25)21-11-15-8-7-9-16(10-15)12-22-18(27)24-20(4,5)17(26)28-6/h7-10,13,21,23H,1,11-12H2,2-6H3,(H2,22,24,27). The van der Waals surface area contributed by atoms with E-state index in [1.807, 2.05) is 24.3 Å². The first-order valence-electron chi connectivity index (χ1n) is 8.88. The summed E-state index contributed by atoms with van der Waals surface area (Å²) >= 11 is 0. The van der Waals surface area contributed by atoms with Crippen LogP contribution >= 0.6 is 0 Å². The quantitative estimate of drug-likeness (QED) is 0.357. The molecular weight excluding hydrogens is 360 g/mol. The molecular formula is C20H30N4O4. The third-order valence-electron chi connectivity index (χ3n) is 3.84. The molecule has 0 bridgehead atoms. The summed E-state index contributed by atoms with van der Waals surface area (Å²) in [6.07, 6.45) is 0.818. The number of benzene rings is 1. The molecule has 0 heterocycles. The van der Waals surface area contributed by atoms with Crippen molar-refractivity contribution in [3.8, 4) is 0 Å². The summed E-state index contributed by atoms with van der Waals surface area (Å²) in [6.45, 7) is 11.3. The van der Waals surface area contributed by atoms with Gasteiger partial charge in [-0.1, -0.05) is 30.8 Å². The van der Waals surface area contributed by atoms with E-state index in [0.717, 1.165) is 17.4 Å². The molecule has 1 aromatic rings. The van der Waals surface area contributed by atoms with Crippen molar-refractivity contribution in [1.29, 1.82) is 0 Å². The SMILES string of the molecule is C=C(NCc1cccc(CNC(=O)NC(C)(C)C(=O)OC)c1)NC(C)(C)C=O. The van der Waals surface area contributed by atoms with Crippen molar-refractivity contribution >= 4 is 18.3 Å². The van der Waals surface area contributed by atoms with Crippen molar-refractivity contribution in [3.05, 3.63) is 47.8 Å². The molecule has 0 spiro atoms. The van der Waals surface area contributed by atoms with E-state index < -0.39 is 23.1 Å². The van der Waals surface area contributed by atoms with E-state index in [-0.39, 0.29) is 0 Å². The number of amides is 2. The first kappa shape index (κ1) is 23.0. The summed E-state index contributed by atoms with van der Waals surface area (Å²) in [5.74, 6) is 0.0207. The number of carbonyl (C=O) groups excluding carboxylic acids is 3. The molecule has 0 saturated heterocycles. The summed E-state index contributed by atoms with van der Waals surface area (Å²) in [6, 6.07) is 7.19. The van der Waals surface area contributed by atoms with Crippen LogP contribution in [0.2, 0.25) is 0 Å². The highest BCUT2D eigenvalue weighted by Gasteiger charge is 2.30. The molecule has 28 heavy (non-hydrogen) atoms. The van der Waals surface area contributed by atoms with Gasteiger partial charge in [0.2, 0.25) is 0 Å². The minimum atomic E-state index is -1.12. The number of aldehydes is 1. The molecule has 0 saturated carbocycles. The zero-order chi connectivity index (χ0) is 21.4. The Balaban J connectivity index is 2.55. The highest BCUT2D eigenvalue weighted by atomic mass is 16.5. The molecule has 154 valence electrons. The molecule has 8 nitrogen and oxygen atoms in total. The Morgan fingerprint density at radius 2 is 1.64 bits per heavy atom. The summed E-state index contributed by atoms with van der Waals surface area (Å²) in [4.78, 5) is 34.6. The van der Waals surface area contributed by atoms with Crippen molar-refractivity contribution in [1.82, 2.24) is 21.3 Å². The van der Waals surface area contributed by atoms with Crippen molar-refractivity contribution in [2.45, 2.75) is 51.9 Å². The molecule has 0 aliphatic heterocycles. The van der Waals surface area contributed by atoms with Gasteiger partial charge in [0, 0.05) is 13.1 Å². The summed E-state index contributed by atoms with van der Waals surface area (Å²) < 4.78 is 4.66. The lowest BCUT2D eigenvalue weighted by molar-refractivity contribution is -0.146. The summed E-state index contributed by atoms with van der Waals surface area (Å²) in [5, 5.41) is 11.4. The Kier molecular flexibility index (Phi) is 8.03. The highest BCUT2D eigenvalue weighted by molar-refractivity contribution is 5.86. The van der Waals surface area contributed by atoms with Crippen LogP contribution in [-0.2, 0) is 27.4 Å². The minimum Gasteiger partial charge on any atom is -0.467 e. The van der Waals surface area contributed by atoms with Crippen LogP contribution in [0.3, 0.4) is 0 Å². The number of hydrogen-bond acceptors (Lipinski definition) is 6. The number of urea groups is 1. The molecule has 0 unspecified atom stereocenters.